The van der Waals surface area contributed by atoms with Crippen molar-refractivity contribution in [3.8, 4) is 17.0 Å². The number of rotatable bonds is 8. The van der Waals surface area contributed by atoms with Crippen molar-refractivity contribution in [1.29, 1.82) is 0 Å². The zero-order chi connectivity index (χ0) is 27.6. The van der Waals surface area contributed by atoms with Crippen LogP contribution in [0.15, 0.2) is 30.5 Å². The number of halogens is 3. The first-order chi connectivity index (χ1) is 16.9. The van der Waals surface area contributed by atoms with Crippen LogP contribution in [-0.4, -0.2) is 57.3 Å². The quantitative estimate of drug-likeness (QED) is 0.418. The van der Waals surface area contributed by atoms with E-state index in [-0.39, 0.29) is 51.8 Å². The van der Waals surface area contributed by atoms with Gasteiger partial charge in [-0.3, -0.25) is 14.5 Å². The summed E-state index contributed by atoms with van der Waals surface area (Å²) in [5, 5.41) is 15.1. The van der Waals surface area contributed by atoms with Crippen LogP contribution >= 0.6 is 0 Å². The molecule has 4 rings (SSSR count). The van der Waals surface area contributed by atoms with Crippen LogP contribution in [0, 0.1) is 11.2 Å². The van der Waals surface area contributed by atoms with E-state index in [1.165, 1.54) is 16.9 Å². The van der Waals surface area contributed by atoms with E-state index >= 15 is 0 Å². The molecule has 1 N–H and O–H groups in total. The van der Waals surface area contributed by atoms with Gasteiger partial charge in [-0.15, -0.1) is 0 Å². The molecule has 3 aromatic rings. The highest BCUT2D eigenvalue weighted by atomic mass is 32.2. The van der Waals surface area contributed by atoms with Gasteiger partial charge in [0.1, 0.15) is 22.8 Å². The highest BCUT2D eigenvalue weighted by Gasteiger charge is 2.46. The fourth-order valence-electron chi connectivity index (χ4n) is 4.52. The lowest BCUT2D eigenvalue weighted by Crippen LogP contribution is -2.47. The van der Waals surface area contributed by atoms with E-state index in [0.717, 1.165) is 18.2 Å². The number of ether oxygens (including phenoxy) is 1. The van der Waals surface area contributed by atoms with Crippen molar-refractivity contribution in [2.24, 2.45) is 5.41 Å². The first kappa shape index (κ1) is 27.1. The Morgan fingerprint density at radius 3 is 2.46 bits per heavy atom. The summed E-state index contributed by atoms with van der Waals surface area (Å²) in [4.78, 5) is 17.4. The average Bonchev–Trinajstić information content (AvgIpc) is 3.09. The molecule has 200 valence electrons. The minimum absolute atomic E-state index is 0.000694. The zero-order valence-electron chi connectivity index (χ0n) is 21.0. The van der Waals surface area contributed by atoms with Crippen molar-refractivity contribution >= 4 is 26.7 Å². The number of carbonyl (C=O) groups excluding carboxylic acids is 1. The molecule has 8 nitrogen and oxygen atoms in total. The van der Waals surface area contributed by atoms with Crippen LogP contribution in [0.2, 0.25) is 0 Å². The van der Waals surface area contributed by atoms with Crippen LogP contribution in [0.25, 0.3) is 22.3 Å². The molecule has 0 unspecified atom stereocenters. The predicted molar refractivity (Wildman–Crippen MR) is 131 cm³/mol. The van der Waals surface area contributed by atoms with E-state index in [1.54, 1.807) is 27.7 Å². The number of carbonyl (C=O) groups is 1. The van der Waals surface area contributed by atoms with Gasteiger partial charge in [0.2, 0.25) is 0 Å². The summed E-state index contributed by atoms with van der Waals surface area (Å²) in [6, 6.07) is 3.99. The molecule has 0 aliphatic carbocycles. The normalized spacial score (nSPS) is 17.9. The third kappa shape index (κ3) is 5.64. The minimum Gasteiger partial charge on any atom is -0.433 e. The number of sulfone groups is 1. The summed E-state index contributed by atoms with van der Waals surface area (Å²) in [6.07, 6.45) is -2.19. The van der Waals surface area contributed by atoms with Crippen LogP contribution < -0.4 is 4.74 Å². The van der Waals surface area contributed by atoms with Gasteiger partial charge in [0.15, 0.2) is 15.6 Å². The Balaban J connectivity index is 1.82. The lowest BCUT2D eigenvalue weighted by atomic mass is 9.86. The van der Waals surface area contributed by atoms with E-state index in [0.29, 0.717) is 12.4 Å². The number of benzene rings is 1. The van der Waals surface area contributed by atoms with Crippen LogP contribution in [-0.2, 0) is 9.84 Å². The topological polar surface area (TPSA) is 111 Å². The lowest BCUT2D eigenvalue weighted by Gasteiger charge is -2.37. The van der Waals surface area contributed by atoms with Crippen molar-refractivity contribution in [1.82, 2.24) is 14.8 Å². The Labute approximate surface area is 212 Å². The maximum Gasteiger partial charge on any atom is 0.394 e. The molecule has 12 heteroatoms. The number of pyridine rings is 1. The van der Waals surface area contributed by atoms with Crippen LogP contribution in [0.1, 0.15) is 57.4 Å². The van der Waals surface area contributed by atoms with Crippen LogP contribution in [0.3, 0.4) is 0 Å². The van der Waals surface area contributed by atoms with Gasteiger partial charge in [0.25, 0.3) is 0 Å². The molecule has 0 radical (unpaired) electrons. The molecule has 0 spiro atoms. The third-order valence-corrected chi connectivity index (χ3v) is 8.75. The van der Waals surface area contributed by atoms with Crippen molar-refractivity contribution in [3.05, 3.63) is 41.8 Å². The number of ketones is 1. The second kappa shape index (κ2) is 8.80. The van der Waals surface area contributed by atoms with Gasteiger partial charge in [0, 0.05) is 36.1 Å². The van der Waals surface area contributed by atoms with Gasteiger partial charge < -0.3 is 9.84 Å². The SMILES string of the molecule is C[C@@H](n1nc(-c2cc(OC(C)(F)F)ccc2F)c2ncc(C(=O)CC3(C)CS(=O)(=O)C3)cc21)C(C)(C)O. The monoisotopic (exact) mass is 539 g/mol. The lowest BCUT2D eigenvalue weighted by molar-refractivity contribution is -0.158. The Hall–Kier alpha value is -2.99. The number of hydrogen-bond acceptors (Lipinski definition) is 7. The summed E-state index contributed by atoms with van der Waals surface area (Å²) in [7, 11) is -3.13. The molecule has 0 amide bonds. The Morgan fingerprint density at radius 1 is 1.24 bits per heavy atom. The molecular weight excluding hydrogens is 511 g/mol. The summed E-state index contributed by atoms with van der Waals surface area (Å²) in [6.45, 7) is 7.09. The second-order valence-corrected chi connectivity index (χ2v) is 12.8. The largest absolute Gasteiger partial charge is 0.433 e. The van der Waals surface area contributed by atoms with Crippen molar-refractivity contribution < 1.29 is 36.2 Å². The van der Waals surface area contributed by atoms with Gasteiger partial charge in [0.05, 0.1) is 28.7 Å². The number of nitrogens with zero attached hydrogens (tertiary/aromatic N) is 3. The van der Waals surface area contributed by atoms with Gasteiger partial charge in [-0.05, 0) is 45.0 Å². The molecule has 1 atom stereocenters. The summed E-state index contributed by atoms with van der Waals surface area (Å²) < 4.78 is 71.0. The first-order valence-corrected chi connectivity index (χ1v) is 13.4. The Morgan fingerprint density at radius 2 is 1.89 bits per heavy atom. The average molecular weight is 540 g/mol. The van der Waals surface area contributed by atoms with Crippen molar-refractivity contribution in [2.75, 3.05) is 11.5 Å². The molecule has 1 fully saturated rings. The maximum atomic E-state index is 14.9. The molecule has 1 saturated heterocycles. The van der Waals surface area contributed by atoms with Crippen LogP contribution in [0.4, 0.5) is 13.2 Å². The van der Waals surface area contributed by atoms with Gasteiger partial charge in [-0.2, -0.15) is 13.9 Å². The molecule has 0 bridgehead atoms. The van der Waals surface area contributed by atoms with Crippen molar-refractivity contribution in [3.63, 3.8) is 0 Å². The van der Waals surface area contributed by atoms with Crippen LogP contribution in [0.5, 0.6) is 5.75 Å². The standard InChI is InChI=1S/C25H28F3N3O5S/c1-14(23(2,3)33)31-19-8-15(20(32)10-24(4)12-37(34,35)13-24)11-29-22(19)21(30-31)17-9-16(6-7-18(17)26)36-25(5,27)28/h6-9,11,14,33H,10,12-13H2,1-5H3/t14-/m1/s1. The molecule has 3 heterocycles. The fourth-order valence-corrected chi connectivity index (χ4v) is 6.76. The van der Waals surface area contributed by atoms with E-state index in [9.17, 15) is 31.5 Å². The first-order valence-electron chi connectivity index (χ1n) is 11.6. The number of aliphatic hydroxyl groups is 1. The predicted octanol–water partition coefficient (Wildman–Crippen LogP) is 4.57. The van der Waals surface area contributed by atoms with E-state index < -0.39 is 38.8 Å². The number of alkyl halides is 2. The third-order valence-electron chi connectivity index (χ3n) is 6.47. The molecule has 1 aromatic carbocycles. The minimum atomic E-state index is -3.49. The Bertz CT molecular complexity index is 1480. The van der Waals surface area contributed by atoms with Crippen molar-refractivity contribution in [2.45, 2.75) is 58.8 Å². The molecule has 1 aliphatic rings. The summed E-state index contributed by atoms with van der Waals surface area (Å²) in [5.74, 6) is -1.50. The van der Waals surface area contributed by atoms with E-state index in [2.05, 4.69) is 14.8 Å². The van der Waals surface area contributed by atoms with E-state index in [1.807, 2.05) is 0 Å². The number of hydrogen-bond donors (Lipinski definition) is 1. The highest BCUT2D eigenvalue weighted by molar-refractivity contribution is 7.92. The number of aromatic nitrogens is 3. The molecule has 2 aromatic heterocycles. The second-order valence-electron chi connectivity index (χ2n) is 10.7. The van der Waals surface area contributed by atoms with E-state index in [4.69, 9.17) is 0 Å². The smallest absolute Gasteiger partial charge is 0.394 e. The molecular formula is C25H28F3N3O5S. The Kier molecular flexibility index (Phi) is 6.43. The summed E-state index contributed by atoms with van der Waals surface area (Å²) >= 11 is 0. The van der Waals surface area contributed by atoms with Gasteiger partial charge in [-0.25, -0.2) is 12.8 Å². The fraction of sp³-hybridized carbons (Fsp3) is 0.480. The summed E-state index contributed by atoms with van der Waals surface area (Å²) in [5.41, 5.74) is -1.37. The van der Waals surface area contributed by atoms with Gasteiger partial charge in [-0.1, -0.05) is 6.92 Å². The maximum absolute atomic E-state index is 14.9. The molecule has 0 saturated carbocycles. The zero-order valence-corrected chi connectivity index (χ0v) is 21.9. The van der Waals surface area contributed by atoms with Gasteiger partial charge >= 0.3 is 6.11 Å². The highest BCUT2D eigenvalue weighted by Crippen LogP contribution is 2.38. The number of fused-ring (bicyclic) bond motifs is 1. The molecule has 1 aliphatic heterocycles. The molecule has 37 heavy (non-hydrogen) atoms. The number of Topliss-reactive ketones (excluding diaryl/α,β-unsaturated/α-hetero) is 1.